The number of rotatable bonds is 5. The van der Waals surface area contributed by atoms with Crippen molar-refractivity contribution in [2.75, 3.05) is 38.0 Å². The monoisotopic (exact) mass is 478 g/mol. The minimum Gasteiger partial charge on any atom is -0.339 e. The molecule has 1 aliphatic rings. The Labute approximate surface area is 193 Å². The second-order valence-corrected chi connectivity index (χ2v) is 8.33. The van der Waals surface area contributed by atoms with Crippen LogP contribution in [0.25, 0.3) is 10.9 Å². The van der Waals surface area contributed by atoms with E-state index in [2.05, 4.69) is 5.32 Å². The predicted octanol–water partition coefficient (Wildman–Crippen LogP) is 4.10. The van der Waals surface area contributed by atoms with Gasteiger partial charge in [0.25, 0.3) is 0 Å². The van der Waals surface area contributed by atoms with Gasteiger partial charge in [0.1, 0.15) is 6.54 Å². The molecule has 1 aliphatic heterocycles. The number of alkyl halides is 3. The maximum atomic E-state index is 13.1. The average Bonchev–Trinajstić information content (AvgIpc) is 3.15. The standard InChI is InChI=1S/C23H22ClF3N4O2/c24-17-6-5-16-7-8-31(20(16)13-17)15-22(33)30-11-9-29(10-12-30)14-21(32)28-19-4-2-1-3-18(19)23(25,26)27/h1-8,13H,9-12,14-15H2,(H,28,32). The van der Waals surface area contributed by atoms with Crippen LogP contribution in [0, 0.1) is 0 Å². The summed E-state index contributed by atoms with van der Waals surface area (Å²) in [4.78, 5) is 28.6. The van der Waals surface area contributed by atoms with E-state index in [4.69, 9.17) is 11.6 Å². The molecule has 33 heavy (non-hydrogen) atoms. The van der Waals surface area contributed by atoms with Gasteiger partial charge in [0, 0.05) is 42.9 Å². The number of halogens is 4. The second kappa shape index (κ2) is 9.44. The Balaban J connectivity index is 1.29. The summed E-state index contributed by atoms with van der Waals surface area (Å²) in [5.41, 5.74) is -0.263. The van der Waals surface area contributed by atoms with E-state index in [-0.39, 0.29) is 24.7 Å². The largest absolute Gasteiger partial charge is 0.418 e. The van der Waals surface area contributed by atoms with Crippen LogP contribution in [0.5, 0.6) is 0 Å². The zero-order valence-corrected chi connectivity index (χ0v) is 18.4. The van der Waals surface area contributed by atoms with Crippen LogP contribution in [0.2, 0.25) is 5.02 Å². The third-order valence-electron chi connectivity index (χ3n) is 5.64. The van der Waals surface area contributed by atoms with Crippen molar-refractivity contribution < 1.29 is 22.8 Å². The molecule has 0 saturated carbocycles. The topological polar surface area (TPSA) is 57.6 Å². The normalized spacial score (nSPS) is 15.1. The number of aromatic nitrogens is 1. The van der Waals surface area contributed by atoms with Crippen molar-refractivity contribution in [3.63, 3.8) is 0 Å². The van der Waals surface area contributed by atoms with Gasteiger partial charge in [-0.05, 0) is 35.7 Å². The van der Waals surface area contributed by atoms with E-state index in [1.807, 2.05) is 33.9 Å². The Morgan fingerprint density at radius 2 is 1.70 bits per heavy atom. The molecule has 4 rings (SSSR count). The number of nitrogens with one attached hydrogen (secondary N) is 1. The van der Waals surface area contributed by atoms with Gasteiger partial charge in [-0.3, -0.25) is 14.5 Å². The van der Waals surface area contributed by atoms with Crippen LogP contribution in [-0.2, 0) is 22.3 Å². The maximum Gasteiger partial charge on any atom is 0.418 e. The van der Waals surface area contributed by atoms with Crippen molar-refractivity contribution >= 4 is 40.0 Å². The second-order valence-electron chi connectivity index (χ2n) is 7.90. The number of carbonyl (C=O) groups excluding carboxylic acids is 2. The number of amides is 2. The van der Waals surface area contributed by atoms with E-state index >= 15 is 0 Å². The summed E-state index contributed by atoms with van der Waals surface area (Å²) in [5.74, 6) is -0.571. The Morgan fingerprint density at radius 1 is 0.970 bits per heavy atom. The zero-order chi connectivity index (χ0) is 23.6. The van der Waals surface area contributed by atoms with Gasteiger partial charge in [0.15, 0.2) is 0 Å². The molecule has 0 unspecified atom stereocenters. The quantitative estimate of drug-likeness (QED) is 0.601. The third-order valence-corrected chi connectivity index (χ3v) is 5.88. The molecule has 0 aliphatic carbocycles. The molecule has 6 nitrogen and oxygen atoms in total. The van der Waals surface area contributed by atoms with Crippen molar-refractivity contribution in [1.82, 2.24) is 14.4 Å². The van der Waals surface area contributed by atoms with Gasteiger partial charge in [-0.1, -0.05) is 29.8 Å². The minimum absolute atomic E-state index is 0.0457. The Bertz CT molecular complexity index is 1170. The van der Waals surface area contributed by atoms with Crippen LogP contribution in [0.4, 0.5) is 18.9 Å². The first kappa shape index (κ1) is 23.1. The van der Waals surface area contributed by atoms with Crippen LogP contribution in [0.1, 0.15) is 5.56 Å². The minimum atomic E-state index is -4.55. The van der Waals surface area contributed by atoms with Crippen LogP contribution in [0.3, 0.4) is 0 Å². The van der Waals surface area contributed by atoms with Gasteiger partial charge in [0.2, 0.25) is 11.8 Å². The molecular formula is C23H22ClF3N4O2. The van der Waals surface area contributed by atoms with Crippen LogP contribution < -0.4 is 5.32 Å². The molecule has 0 bridgehead atoms. The number of fused-ring (bicyclic) bond motifs is 1. The fourth-order valence-corrected chi connectivity index (χ4v) is 4.09. The van der Waals surface area contributed by atoms with Gasteiger partial charge in [-0.25, -0.2) is 0 Å². The summed E-state index contributed by atoms with van der Waals surface area (Å²) in [7, 11) is 0. The first-order valence-corrected chi connectivity index (χ1v) is 10.8. The van der Waals surface area contributed by atoms with Crippen molar-refractivity contribution in [3.8, 4) is 0 Å². The molecule has 1 fully saturated rings. The summed E-state index contributed by atoms with van der Waals surface area (Å²) < 4.78 is 41.2. The highest BCUT2D eigenvalue weighted by Gasteiger charge is 2.33. The van der Waals surface area contributed by atoms with Crippen molar-refractivity contribution in [3.05, 3.63) is 65.3 Å². The van der Waals surface area contributed by atoms with Gasteiger partial charge < -0.3 is 14.8 Å². The first-order valence-electron chi connectivity index (χ1n) is 10.4. The van der Waals surface area contributed by atoms with Crippen LogP contribution in [-0.4, -0.2) is 58.9 Å². The lowest BCUT2D eigenvalue weighted by molar-refractivity contribution is -0.137. The zero-order valence-electron chi connectivity index (χ0n) is 17.6. The molecule has 3 aromatic rings. The summed E-state index contributed by atoms with van der Waals surface area (Å²) in [6.45, 7) is 1.92. The van der Waals surface area contributed by atoms with Gasteiger partial charge >= 0.3 is 6.18 Å². The Kier molecular flexibility index (Phi) is 6.62. The lowest BCUT2D eigenvalue weighted by Crippen LogP contribution is -2.51. The molecular weight excluding hydrogens is 457 g/mol. The molecule has 2 aromatic carbocycles. The number of anilines is 1. The van der Waals surface area contributed by atoms with Crippen LogP contribution in [0.15, 0.2) is 54.7 Å². The van der Waals surface area contributed by atoms with Gasteiger partial charge in [0.05, 0.1) is 17.8 Å². The number of nitrogens with zero attached hydrogens (tertiary/aromatic N) is 3. The third kappa shape index (κ3) is 5.48. The van der Waals surface area contributed by atoms with Gasteiger partial charge in [-0.2, -0.15) is 13.2 Å². The summed E-state index contributed by atoms with van der Waals surface area (Å²) in [6, 6.07) is 12.3. The lowest BCUT2D eigenvalue weighted by Gasteiger charge is -2.34. The molecule has 0 spiro atoms. The number of piperazine rings is 1. The van der Waals surface area contributed by atoms with Gasteiger partial charge in [-0.15, -0.1) is 0 Å². The molecule has 2 heterocycles. The van der Waals surface area contributed by atoms with E-state index < -0.39 is 17.6 Å². The molecule has 1 aromatic heterocycles. The van der Waals surface area contributed by atoms with Crippen LogP contribution >= 0.6 is 11.6 Å². The fraction of sp³-hybridized carbons (Fsp3) is 0.304. The first-order chi connectivity index (χ1) is 15.7. The molecule has 1 N–H and O–H groups in total. The fourth-order valence-electron chi connectivity index (χ4n) is 3.93. The summed E-state index contributed by atoms with van der Waals surface area (Å²) in [6.07, 6.45) is -2.70. The maximum absolute atomic E-state index is 13.1. The number of hydrogen-bond acceptors (Lipinski definition) is 3. The SMILES string of the molecule is O=C(CN1CCN(C(=O)Cn2ccc3ccc(Cl)cc32)CC1)Nc1ccccc1C(F)(F)F. The molecule has 1 saturated heterocycles. The summed E-state index contributed by atoms with van der Waals surface area (Å²) >= 11 is 6.07. The smallest absolute Gasteiger partial charge is 0.339 e. The van der Waals surface area contributed by atoms with E-state index in [1.165, 1.54) is 18.2 Å². The van der Waals surface area contributed by atoms with E-state index in [1.54, 1.807) is 11.0 Å². The number of carbonyl (C=O) groups is 2. The lowest BCUT2D eigenvalue weighted by atomic mass is 10.1. The van der Waals surface area contributed by atoms with Crippen molar-refractivity contribution in [2.45, 2.75) is 12.7 Å². The molecule has 0 atom stereocenters. The van der Waals surface area contributed by atoms with E-state index in [0.717, 1.165) is 17.0 Å². The van der Waals surface area contributed by atoms with E-state index in [9.17, 15) is 22.8 Å². The number of benzene rings is 2. The van der Waals surface area contributed by atoms with Crippen molar-refractivity contribution in [2.24, 2.45) is 0 Å². The highest BCUT2D eigenvalue weighted by atomic mass is 35.5. The van der Waals surface area contributed by atoms with E-state index in [0.29, 0.717) is 31.2 Å². The molecule has 10 heteroatoms. The number of hydrogen-bond donors (Lipinski definition) is 1. The molecule has 174 valence electrons. The predicted molar refractivity (Wildman–Crippen MR) is 120 cm³/mol. The highest BCUT2D eigenvalue weighted by molar-refractivity contribution is 6.31. The Hall–Kier alpha value is -3.04. The Morgan fingerprint density at radius 3 is 2.42 bits per heavy atom. The molecule has 2 amide bonds. The van der Waals surface area contributed by atoms with Crippen molar-refractivity contribution in [1.29, 1.82) is 0 Å². The summed E-state index contributed by atoms with van der Waals surface area (Å²) in [5, 5.41) is 3.95. The average molecular weight is 479 g/mol. The number of para-hydroxylation sites is 1. The highest BCUT2D eigenvalue weighted by Crippen LogP contribution is 2.34. The molecule has 0 radical (unpaired) electrons.